The zero-order chi connectivity index (χ0) is 21.3. The summed E-state index contributed by atoms with van der Waals surface area (Å²) in [5.74, 6) is 0.637. The highest BCUT2D eigenvalue weighted by Gasteiger charge is 2.27. The average Bonchev–Trinajstić information content (AvgIpc) is 3.17. The summed E-state index contributed by atoms with van der Waals surface area (Å²) in [4.78, 5) is 40.2. The molecule has 1 aromatic carbocycles. The zero-order valence-corrected chi connectivity index (χ0v) is 17.1. The molecule has 0 aliphatic carbocycles. The van der Waals surface area contributed by atoms with Crippen molar-refractivity contribution in [3.05, 3.63) is 35.7 Å². The summed E-state index contributed by atoms with van der Waals surface area (Å²) in [7, 11) is 1.69. The van der Waals surface area contributed by atoms with Gasteiger partial charge in [0.15, 0.2) is 6.61 Å². The molecule has 0 spiro atoms. The summed E-state index contributed by atoms with van der Waals surface area (Å²) in [6.45, 7) is 3.11. The number of aromatic nitrogens is 2. The number of likely N-dealkylation sites (tertiary alicyclic amines) is 1. The smallest absolute Gasteiger partial charge is 0.264 e. The summed E-state index contributed by atoms with van der Waals surface area (Å²) in [6, 6.07) is 5.28. The molecular weight excluding hydrogens is 386 g/mol. The monoisotopic (exact) mass is 411 g/mol. The predicted molar refractivity (Wildman–Crippen MR) is 111 cm³/mol. The Morgan fingerprint density at radius 1 is 1.30 bits per heavy atom. The Morgan fingerprint density at radius 3 is 2.77 bits per heavy atom. The first kappa shape index (κ1) is 19.9. The van der Waals surface area contributed by atoms with Crippen LogP contribution in [0.1, 0.15) is 35.3 Å². The molecule has 0 radical (unpaired) electrons. The third-order valence-electron chi connectivity index (χ3n) is 5.77. The second-order valence-corrected chi connectivity index (χ2v) is 7.82. The maximum absolute atomic E-state index is 12.6. The SMILES string of the molecule is Cc1[nH]ncc1C(=O)N1CCC(CC(=O)Nc2ccc3c(c2)N(C)C(=O)CO3)CC1. The predicted octanol–water partition coefficient (Wildman–Crippen LogP) is 1.95. The van der Waals surface area contributed by atoms with Crippen molar-refractivity contribution >= 4 is 29.1 Å². The molecular formula is C21H25N5O4. The molecule has 4 rings (SSSR count). The normalized spacial score (nSPS) is 16.8. The first-order valence-corrected chi connectivity index (χ1v) is 10.0. The number of aromatic amines is 1. The van der Waals surface area contributed by atoms with Crippen molar-refractivity contribution in [2.45, 2.75) is 26.2 Å². The lowest BCUT2D eigenvalue weighted by Gasteiger charge is -2.31. The topological polar surface area (TPSA) is 108 Å². The third kappa shape index (κ3) is 4.00. The van der Waals surface area contributed by atoms with Gasteiger partial charge in [0, 0.05) is 37.9 Å². The van der Waals surface area contributed by atoms with E-state index in [9.17, 15) is 14.4 Å². The molecule has 3 amide bonds. The number of anilines is 2. The summed E-state index contributed by atoms with van der Waals surface area (Å²) in [6.07, 6.45) is 3.53. The second-order valence-electron chi connectivity index (χ2n) is 7.82. The maximum Gasteiger partial charge on any atom is 0.264 e. The van der Waals surface area contributed by atoms with Gasteiger partial charge in [0.1, 0.15) is 5.75 Å². The Balaban J connectivity index is 1.30. The molecule has 2 aliphatic rings. The van der Waals surface area contributed by atoms with Gasteiger partial charge in [-0.25, -0.2) is 0 Å². The molecule has 2 N–H and O–H groups in total. The van der Waals surface area contributed by atoms with E-state index < -0.39 is 0 Å². The minimum atomic E-state index is -0.127. The fourth-order valence-electron chi connectivity index (χ4n) is 3.90. The number of amides is 3. The number of likely N-dealkylation sites (N-methyl/N-ethyl adjacent to an activating group) is 1. The van der Waals surface area contributed by atoms with E-state index in [1.54, 1.807) is 31.4 Å². The van der Waals surface area contributed by atoms with Crippen molar-refractivity contribution in [1.82, 2.24) is 15.1 Å². The number of hydrogen-bond acceptors (Lipinski definition) is 5. The van der Waals surface area contributed by atoms with E-state index in [2.05, 4.69) is 15.5 Å². The number of carbonyl (C=O) groups is 3. The number of H-pyrrole nitrogens is 1. The van der Waals surface area contributed by atoms with E-state index in [0.29, 0.717) is 42.2 Å². The highest BCUT2D eigenvalue weighted by Crippen LogP contribution is 2.34. The molecule has 0 atom stereocenters. The number of benzene rings is 1. The van der Waals surface area contributed by atoms with E-state index >= 15 is 0 Å². The Labute approximate surface area is 174 Å². The molecule has 9 heteroatoms. The Morgan fingerprint density at radius 2 is 2.07 bits per heavy atom. The van der Waals surface area contributed by atoms with Crippen LogP contribution in [0.25, 0.3) is 0 Å². The van der Waals surface area contributed by atoms with Crippen molar-refractivity contribution in [1.29, 1.82) is 0 Å². The number of nitrogens with zero attached hydrogens (tertiary/aromatic N) is 3. The van der Waals surface area contributed by atoms with Crippen molar-refractivity contribution in [2.75, 3.05) is 37.0 Å². The Hall–Kier alpha value is -3.36. The van der Waals surface area contributed by atoms with Crippen LogP contribution in [0.5, 0.6) is 5.75 Å². The summed E-state index contributed by atoms with van der Waals surface area (Å²) >= 11 is 0. The van der Waals surface area contributed by atoms with Gasteiger partial charge in [-0.3, -0.25) is 19.5 Å². The van der Waals surface area contributed by atoms with Gasteiger partial charge < -0.3 is 19.9 Å². The number of fused-ring (bicyclic) bond motifs is 1. The fourth-order valence-corrected chi connectivity index (χ4v) is 3.90. The Kier molecular flexibility index (Phi) is 5.43. The van der Waals surface area contributed by atoms with Crippen LogP contribution in [0.4, 0.5) is 11.4 Å². The third-order valence-corrected chi connectivity index (χ3v) is 5.77. The maximum atomic E-state index is 12.6. The number of rotatable bonds is 4. The van der Waals surface area contributed by atoms with Crippen LogP contribution >= 0.6 is 0 Å². The molecule has 0 saturated carbocycles. The van der Waals surface area contributed by atoms with Crippen LogP contribution in [0.2, 0.25) is 0 Å². The Bertz CT molecular complexity index is 978. The highest BCUT2D eigenvalue weighted by molar-refractivity contribution is 5.99. The van der Waals surface area contributed by atoms with Crippen molar-refractivity contribution in [3.63, 3.8) is 0 Å². The van der Waals surface area contributed by atoms with Gasteiger partial charge in [0.25, 0.3) is 11.8 Å². The fraction of sp³-hybridized carbons (Fsp3) is 0.429. The number of ether oxygens (including phenoxy) is 1. The van der Waals surface area contributed by atoms with E-state index in [-0.39, 0.29) is 30.2 Å². The quantitative estimate of drug-likeness (QED) is 0.800. The molecule has 2 aromatic rings. The molecule has 1 fully saturated rings. The molecule has 1 aromatic heterocycles. The van der Waals surface area contributed by atoms with Crippen LogP contribution in [0, 0.1) is 12.8 Å². The van der Waals surface area contributed by atoms with Crippen LogP contribution in [-0.4, -0.2) is 59.6 Å². The average molecular weight is 411 g/mol. The van der Waals surface area contributed by atoms with Crippen molar-refractivity contribution in [2.24, 2.45) is 5.92 Å². The van der Waals surface area contributed by atoms with E-state index in [0.717, 1.165) is 18.5 Å². The second kappa shape index (κ2) is 8.17. The molecule has 0 bridgehead atoms. The lowest BCUT2D eigenvalue weighted by molar-refractivity contribution is -0.121. The molecule has 2 aliphatic heterocycles. The number of hydrogen-bond donors (Lipinski definition) is 2. The van der Waals surface area contributed by atoms with E-state index in [1.165, 1.54) is 4.90 Å². The first-order valence-electron chi connectivity index (χ1n) is 10.0. The van der Waals surface area contributed by atoms with Gasteiger partial charge >= 0.3 is 0 Å². The van der Waals surface area contributed by atoms with E-state index in [1.807, 2.05) is 11.8 Å². The lowest BCUT2D eigenvalue weighted by Crippen LogP contribution is -2.39. The standard InChI is InChI=1S/C21H25N5O4/c1-13-16(11-22-24-13)21(29)26-7-5-14(6-8-26)9-19(27)23-15-3-4-18-17(10-15)25(2)20(28)12-30-18/h3-4,10-11,14H,5-9,12H2,1-2H3,(H,22,24)(H,23,27). The number of nitrogens with one attached hydrogen (secondary N) is 2. The van der Waals surface area contributed by atoms with Gasteiger partial charge in [-0.15, -0.1) is 0 Å². The number of aryl methyl sites for hydroxylation is 1. The van der Waals surface area contributed by atoms with Gasteiger partial charge in [0.2, 0.25) is 5.91 Å². The van der Waals surface area contributed by atoms with Crippen LogP contribution in [0.15, 0.2) is 24.4 Å². The molecule has 9 nitrogen and oxygen atoms in total. The van der Waals surface area contributed by atoms with Crippen molar-refractivity contribution in [3.8, 4) is 5.75 Å². The van der Waals surface area contributed by atoms with E-state index in [4.69, 9.17) is 4.74 Å². The minimum Gasteiger partial charge on any atom is -0.482 e. The van der Waals surface area contributed by atoms with Gasteiger partial charge in [-0.2, -0.15) is 5.10 Å². The van der Waals surface area contributed by atoms with Crippen LogP contribution < -0.4 is 15.0 Å². The molecule has 3 heterocycles. The van der Waals surface area contributed by atoms with Gasteiger partial charge in [-0.1, -0.05) is 0 Å². The molecule has 0 unspecified atom stereocenters. The summed E-state index contributed by atoms with van der Waals surface area (Å²) in [5.41, 5.74) is 2.65. The molecule has 158 valence electrons. The van der Waals surface area contributed by atoms with Crippen molar-refractivity contribution < 1.29 is 19.1 Å². The highest BCUT2D eigenvalue weighted by atomic mass is 16.5. The summed E-state index contributed by atoms with van der Waals surface area (Å²) < 4.78 is 5.41. The number of carbonyl (C=O) groups excluding carboxylic acids is 3. The minimum absolute atomic E-state index is 0.0147. The number of piperidine rings is 1. The van der Waals surface area contributed by atoms with Gasteiger partial charge in [0.05, 0.1) is 17.4 Å². The van der Waals surface area contributed by atoms with Crippen LogP contribution in [-0.2, 0) is 9.59 Å². The first-order chi connectivity index (χ1) is 14.4. The zero-order valence-electron chi connectivity index (χ0n) is 17.1. The molecule has 1 saturated heterocycles. The summed E-state index contributed by atoms with van der Waals surface area (Å²) in [5, 5.41) is 9.62. The van der Waals surface area contributed by atoms with Gasteiger partial charge in [-0.05, 0) is 43.9 Å². The lowest BCUT2D eigenvalue weighted by atomic mass is 9.93. The van der Waals surface area contributed by atoms with Crippen LogP contribution in [0.3, 0.4) is 0 Å². The molecule has 30 heavy (non-hydrogen) atoms. The largest absolute Gasteiger partial charge is 0.482 e.